The lowest BCUT2D eigenvalue weighted by Gasteiger charge is -1.98. The molecule has 1 heterocycles. The zero-order valence-corrected chi connectivity index (χ0v) is 11.5. The van der Waals surface area contributed by atoms with E-state index in [1.807, 2.05) is 4.57 Å². The number of amides is 1. The van der Waals surface area contributed by atoms with Crippen LogP contribution in [0.3, 0.4) is 0 Å². The van der Waals surface area contributed by atoms with E-state index in [2.05, 4.69) is 0 Å². The van der Waals surface area contributed by atoms with Gasteiger partial charge in [-0.3, -0.25) is 14.9 Å². The molecule has 2 N–H and O–H groups in total. The Hall–Kier alpha value is -3.14. The first-order valence-electron chi connectivity index (χ1n) is 6.01. The second-order valence-corrected chi connectivity index (χ2v) is 4.55. The number of primary amides is 1. The van der Waals surface area contributed by atoms with Crippen molar-refractivity contribution in [3.8, 4) is 6.07 Å². The molecule has 106 valence electrons. The molecule has 2 aromatic rings. The van der Waals surface area contributed by atoms with Gasteiger partial charge in [-0.25, -0.2) is 0 Å². The molecule has 0 spiro atoms. The maximum atomic E-state index is 11.2. The van der Waals surface area contributed by atoms with Crippen LogP contribution < -0.4 is 5.73 Å². The highest BCUT2D eigenvalue weighted by molar-refractivity contribution is 6.04. The number of hydrogen-bond donors (Lipinski definition) is 1. The predicted molar refractivity (Wildman–Crippen MR) is 77.1 cm³/mol. The molecular weight excluding hydrogens is 272 g/mol. The summed E-state index contributed by atoms with van der Waals surface area (Å²) in [5.74, 6) is -0.834. The molecule has 0 atom stereocenters. The molecule has 2 rings (SSSR count). The van der Waals surface area contributed by atoms with Crippen molar-refractivity contribution in [1.29, 1.82) is 5.26 Å². The summed E-state index contributed by atoms with van der Waals surface area (Å²) in [6.07, 6.45) is 1.36. The number of nitrogens with two attached hydrogens (primary N) is 1. The molecule has 0 radical (unpaired) electrons. The summed E-state index contributed by atoms with van der Waals surface area (Å²) in [7, 11) is 1.80. The van der Waals surface area contributed by atoms with Gasteiger partial charge in [0.15, 0.2) is 0 Å². The second kappa shape index (κ2) is 5.09. The molecular formula is C14H12N4O3. The topological polar surface area (TPSA) is 115 Å². The van der Waals surface area contributed by atoms with Crippen molar-refractivity contribution in [1.82, 2.24) is 4.57 Å². The van der Waals surface area contributed by atoms with Crippen molar-refractivity contribution in [2.75, 3.05) is 0 Å². The van der Waals surface area contributed by atoms with Crippen LogP contribution in [0.2, 0.25) is 0 Å². The van der Waals surface area contributed by atoms with E-state index in [1.165, 1.54) is 18.2 Å². The monoisotopic (exact) mass is 284 g/mol. The molecule has 0 aliphatic heterocycles. The minimum atomic E-state index is -0.834. The van der Waals surface area contributed by atoms with Gasteiger partial charge in [0, 0.05) is 41.3 Å². The fourth-order valence-corrected chi connectivity index (χ4v) is 2.19. The highest BCUT2D eigenvalue weighted by Gasteiger charge is 2.16. The first kappa shape index (κ1) is 14.3. The molecule has 1 amide bonds. The molecule has 0 saturated carbocycles. The lowest BCUT2D eigenvalue weighted by Crippen LogP contribution is -2.12. The summed E-state index contributed by atoms with van der Waals surface area (Å²) >= 11 is 0. The van der Waals surface area contributed by atoms with Crippen LogP contribution in [-0.2, 0) is 11.8 Å². The minimum absolute atomic E-state index is 0.0552. The minimum Gasteiger partial charge on any atom is -0.365 e. The van der Waals surface area contributed by atoms with Crippen LogP contribution in [0.1, 0.15) is 11.3 Å². The van der Waals surface area contributed by atoms with Gasteiger partial charge in [-0.05, 0) is 19.1 Å². The number of aromatic nitrogens is 1. The number of carbonyl (C=O) groups excluding carboxylic acids is 1. The van der Waals surface area contributed by atoms with E-state index in [0.29, 0.717) is 10.9 Å². The lowest BCUT2D eigenvalue weighted by atomic mass is 10.1. The Kier molecular flexibility index (Phi) is 3.46. The van der Waals surface area contributed by atoms with Crippen LogP contribution in [0.5, 0.6) is 0 Å². The van der Waals surface area contributed by atoms with Gasteiger partial charge in [0.05, 0.1) is 4.92 Å². The summed E-state index contributed by atoms with van der Waals surface area (Å²) < 4.78 is 1.83. The highest BCUT2D eigenvalue weighted by Crippen LogP contribution is 2.30. The van der Waals surface area contributed by atoms with Gasteiger partial charge >= 0.3 is 0 Å². The van der Waals surface area contributed by atoms with E-state index >= 15 is 0 Å². The molecule has 7 nitrogen and oxygen atoms in total. The summed E-state index contributed by atoms with van der Waals surface area (Å²) in [5.41, 5.74) is 7.00. The number of nitrogens with zero attached hydrogens (tertiary/aromatic N) is 3. The average Bonchev–Trinajstić information content (AvgIpc) is 2.68. The van der Waals surface area contributed by atoms with E-state index in [-0.39, 0.29) is 11.3 Å². The van der Waals surface area contributed by atoms with E-state index in [4.69, 9.17) is 11.0 Å². The third-order valence-electron chi connectivity index (χ3n) is 3.41. The van der Waals surface area contributed by atoms with Crippen molar-refractivity contribution in [2.45, 2.75) is 6.92 Å². The standard InChI is InChI=1S/C14H12N4O3/c1-8-11(5-9(7-15)14(16)19)12-6-10(18(20)21)3-4-13(12)17(8)2/h3-6H,1-2H3,(H2,16,19)/b9-5+. The third kappa shape index (κ3) is 2.34. The van der Waals surface area contributed by atoms with Crippen LogP contribution in [-0.4, -0.2) is 15.4 Å². The van der Waals surface area contributed by atoms with Crippen LogP contribution in [0.15, 0.2) is 23.8 Å². The Morgan fingerprint density at radius 1 is 1.52 bits per heavy atom. The van der Waals surface area contributed by atoms with E-state index < -0.39 is 10.8 Å². The molecule has 1 aromatic carbocycles. The predicted octanol–water partition coefficient (Wildman–Crippen LogP) is 1.79. The zero-order valence-electron chi connectivity index (χ0n) is 11.5. The molecule has 0 aliphatic rings. The van der Waals surface area contributed by atoms with Gasteiger partial charge in [-0.2, -0.15) is 5.26 Å². The largest absolute Gasteiger partial charge is 0.365 e. The van der Waals surface area contributed by atoms with Gasteiger partial charge < -0.3 is 10.3 Å². The van der Waals surface area contributed by atoms with Gasteiger partial charge in [0.1, 0.15) is 11.6 Å². The Morgan fingerprint density at radius 2 is 2.19 bits per heavy atom. The van der Waals surface area contributed by atoms with Crippen molar-refractivity contribution in [3.05, 3.63) is 45.1 Å². The van der Waals surface area contributed by atoms with Crippen molar-refractivity contribution in [3.63, 3.8) is 0 Å². The molecule has 0 bridgehead atoms. The zero-order chi connectivity index (χ0) is 15.7. The number of non-ortho nitro benzene ring substituents is 1. The smallest absolute Gasteiger partial charge is 0.270 e. The Morgan fingerprint density at radius 3 is 2.71 bits per heavy atom. The van der Waals surface area contributed by atoms with Crippen LogP contribution >= 0.6 is 0 Å². The maximum Gasteiger partial charge on any atom is 0.270 e. The molecule has 0 aliphatic carbocycles. The third-order valence-corrected chi connectivity index (χ3v) is 3.41. The fourth-order valence-electron chi connectivity index (χ4n) is 2.19. The van der Waals surface area contributed by atoms with Gasteiger partial charge in [-0.15, -0.1) is 0 Å². The van der Waals surface area contributed by atoms with Gasteiger partial charge in [0.25, 0.3) is 11.6 Å². The molecule has 21 heavy (non-hydrogen) atoms. The molecule has 7 heteroatoms. The molecule has 0 fully saturated rings. The van der Waals surface area contributed by atoms with E-state index in [0.717, 1.165) is 11.2 Å². The number of rotatable bonds is 3. The fraction of sp³-hybridized carbons (Fsp3) is 0.143. The first-order chi connectivity index (χ1) is 9.86. The Labute approximate surface area is 120 Å². The number of carbonyl (C=O) groups is 1. The Bertz CT molecular complexity index is 840. The summed E-state index contributed by atoms with van der Waals surface area (Å²) in [6, 6.07) is 6.20. The first-order valence-corrected chi connectivity index (χ1v) is 6.01. The second-order valence-electron chi connectivity index (χ2n) is 4.55. The normalized spacial score (nSPS) is 11.4. The van der Waals surface area contributed by atoms with E-state index in [1.54, 1.807) is 26.1 Å². The summed E-state index contributed by atoms with van der Waals surface area (Å²) in [5, 5.41) is 20.4. The lowest BCUT2D eigenvalue weighted by molar-refractivity contribution is -0.384. The number of aryl methyl sites for hydroxylation is 1. The number of fused-ring (bicyclic) bond motifs is 1. The summed E-state index contributed by atoms with van der Waals surface area (Å²) in [6.45, 7) is 1.80. The van der Waals surface area contributed by atoms with Gasteiger partial charge in [-0.1, -0.05) is 0 Å². The number of nitro groups is 1. The number of hydrogen-bond acceptors (Lipinski definition) is 4. The molecule has 0 saturated heterocycles. The number of nitro benzene ring substituents is 1. The van der Waals surface area contributed by atoms with Crippen molar-refractivity contribution < 1.29 is 9.72 Å². The van der Waals surface area contributed by atoms with Gasteiger partial charge in [0.2, 0.25) is 0 Å². The highest BCUT2D eigenvalue weighted by atomic mass is 16.6. The maximum absolute atomic E-state index is 11.2. The van der Waals surface area contributed by atoms with E-state index in [9.17, 15) is 14.9 Å². The van der Waals surface area contributed by atoms with Crippen molar-refractivity contribution in [2.24, 2.45) is 12.8 Å². The SMILES string of the molecule is Cc1c(/C=C(\C#N)C(N)=O)c2cc([N+](=O)[O-])ccc2n1C. The number of benzene rings is 1. The number of nitriles is 1. The van der Waals surface area contributed by atoms with Crippen LogP contribution in [0.25, 0.3) is 17.0 Å². The average molecular weight is 284 g/mol. The quantitative estimate of drug-likeness (QED) is 0.400. The molecule has 1 aromatic heterocycles. The van der Waals surface area contributed by atoms with Crippen LogP contribution in [0, 0.1) is 28.4 Å². The summed E-state index contributed by atoms with van der Waals surface area (Å²) in [4.78, 5) is 21.6. The molecule has 0 unspecified atom stereocenters. The van der Waals surface area contributed by atoms with Crippen molar-refractivity contribution >= 4 is 28.6 Å². The van der Waals surface area contributed by atoms with Crippen LogP contribution in [0.4, 0.5) is 5.69 Å². The Balaban J connectivity index is 2.82.